The second-order valence-electron chi connectivity index (χ2n) is 0.557. The fraction of sp³-hybridized carbons (Fsp3) is 1.00. The molecule has 0 bridgehead atoms. The van der Waals surface area contributed by atoms with E-state index in [9.17, 15) is 9.13 Å². The molecule has 0 heterocycles. The minimum Gasteiger partial charge on any atom is -0.131 e. The van der Waals surface area contributed by atoms with Crippen molar-refractivity contribution in [3.05, 3.63) is 0 Å². The molecule has 9 heteroatoms. The predicted molar refractivity (Wildman–Crippen MR) is 39.0 cm³/mol. The molecule has 0 aromatic heterocycles. The molecule has 2 radical (unpaired) electrons. The van der Waals surface area contributed by atoms with Crippen molar-refractivity contribution < 1.29 is 23.2 Å². The van der Waals surface area contributed by atoms with Crippen molar-refractivity contribution in [1.29, 1.82) is 0 Å². The third-order valence-electron chi connectivity index (χ3n) is 0.140. The van der Waals surface area contributed by atoms with E-state index in [2.05, 4.69) is 4.31 Å². The van der Waals surface area contributed by atoms with Crippen LogP contribution in [0.5, 0.6) is 0 Å². The summed E-state index contributed by atoms with van der Waals surface area (Å²) in [7, 11) is -5.85. The minimum atomic E-state index is -2.92. The topological polar surface area (TPSA) is 83.8 Å². The molecular formula is CH6Na2O5P2+2. The van der Waals surface area contributed by atoms with E-state index < -0.39 is 16.5 Å². The molecule has 5 nitrogen and oxygen atoms in total. The van der Waals surface area contributed by atoms with Gasteiger partial charge in [0.1, 0.15) is 0 Å². The van der Waals surface area contributed by atoms with Gasteiger partial charge in [0.15, 0.2) is 4.31 Å². The average molecular weight is 206 g/mol. The molecule has 50 valence electrons. The average Bonchev–Trinajstić information content (AvgIpc) is 1.27. The van der Waals surface area contributed by atoms with E-state index in [1.807, 2.05) is 0 Å². The molecule has 0 fully saturated rings. The van der Waals surface area contributed by atoms with Crippen molar-refractivity contribution in [3.63, 3.8) is 0 Å². The zero-order chi connectivity index (χ0) is 5.86. The van der Waals surface area contributed by atoms with E-state index in [0.29, 0.717) is 0 Å². The molecule has 0 rings (SSSR count). The Morgan fingerprint density at radius 2 is 1.20 bits per heavy atom. The minimum absolute atomic E-state index is 0. The van der Waals surface area contributed by atoms with Gasteiger partial charge in [-0.15, -0.1) is 9.79 Å². The van der Waals surface area contributed by atoms with Gasteiger partial charge < -0.3 is 0 Å². The summed E-state index contributed by atoms with van der Waals surface area (Å²) in [6.45, 7) is 0. The molecular weight excluding hydrogens is 200 g/mol. The fourth-order valence-electron chi connectivity index (χ4n) is 0.0598. The summed E-state index contributed by atoms with van der Waals surface area (Å²) < 4.78 is 22.2. The van der Waals surface area contributed by atoms with E-state index in [4.69, 9.17) is 9.79 Å². The Hall–Kier alpha value is 2.08. The standard InChI is InChI=1S/CH4.2Na.O5P2/c;;;1-6(2)5-7(3)4/h1H4;;;/p+2. The molecule has 0 saturated heterocycles. The van der Waals surface area contributed by atoms with Gasteiger partial charge in [0.2, 0.25) is 0 Å². The molecule has 0 aromatic carbocycles. The molecule has 0 spiro atoms. The third-order valence-corrected chi connectivity index (χ3v) is 1.26. The quantitative estimate of drug-likeness (QED) is 0.497. The van der Waals surface area contributed by atoms with Gasteiger partial charge in [0.05, 0.1) is 0 Å². The van der Waals surface area contributed by atoms with Crippen molar-refractivity contribution >= 4 is 75.6 Å². The van der Waals surface area contributed by atoms with E-state index in [1.165, 1.54) is 0 Å². The molecule has 2 atom stereocenters. The molecule has 0 aliphatic rings. The van der Waals surface area contributed by atoms with Crippen LogP contribution in [0.2, 0.25) is 0 Å². The Morgan fingerprint density at radius 3 is 1.20 bits per heavy atom. The van der Waals surface area contributed by atoms with E-state index in [0.717, 1.165) is 0 Å². The first-order valence-electron chi connectivity index (χ1n) is 1.13. The van der Waals surface area contributed by atoms with E-state index >= 15 is 0 Å². The van der Waals surface area contributed by atoms with Gasteiger partial charge >= 0.3 is 16.5 Å². The Bertz CT molecular complexity index is 93.8. The van der Waals surface area contributed by atoms with Crippen molar-refractivity contribution in [2.45, 2.75) is 7.43 Å². The summed E-state index contributed by atoms with van der Waals surface area (Å²) in [4.78, 5) is 15.3. The smallest absolute Gasteiger partial charge is 0.131 e. The molecule has 2 N–H and O–H groups in total. The zero-order valence-corrected chi connectivity index (χ0v) is 10.8. The summed E-state index contributed by atoms with van der Waals surface area (Å²) in [5.41, 5.74) is 0. The Kier molecular flexibility index (Phi) is 31.0. The van der Waals surface area contributed by atoms with E-state index in [1.54, 1.807) is 0 Å². The third kappa shape index (κ3) is 22.5. The van der Waals surface area contributed by atoms with Crippen molar-refractivity contribution in [2.75, 3.05) is 0 Å². The molecule has 0 aliphatic carbocycles. The van der Waals surface area contributed by atoms with Crippen LogP contribution in [0.1, 0.15) is 7.43 Å². The van der Waals surface area contributed by atoms with Crippen molar-refractivity contribution in [1.82, 2.24) is 0 Å². The summed E-state index contributed by atoms with van der Waals surface area (Å²) >= 11 is 0. The second kappa shape index (κ2) is 13.7. The number of hydrogen-bond acceptors (Lipinski definition) is 3. The van der Waals surface area contributed by atoms with Gasteiger partial charge in [-0.1, -0.05) is 7.43 Å². The molecule has 0 amide bonds. The van der Waals surface area contributed by atoms with Crippen LogP contribution in [0.15, 0.2) is 0 Å². The monoisotopic (exact) mass is 206 g/mol. The van der Waals surface area contributed by atoms with Gasteiger partial charge in [-0.05, 0) is 0 Å². The van der Waals surface area contributed by atoms with Gasteiger partial charge in [-0.25, -0.2) is 0 Å². The maximum atomic E-state index is 9.39. The second-order valence-corrected chi connectivity index (χ2v) is 2.16. The van der Waals surface area contributed by atoms with Gasteiger partial charge in [-0.2, -0.15) is 0 Å². The summed E-state index contributed by atoms with van der Waals surface area (Å²) in [6, 6.07) is 0. The maximum Gasteiger partial charge on any atom is 0.745 e. The van der Waals surface area contributed by atoms with Crippen LogP contribution in [0, 0.1) is 0 Å². The van der Waals surface area contributed by atoms with Crippen LogP contribution in [0.4, 0.5) is 0 Å². The molecule has 0 aromatic rings. The van der Waals surface area contributed by atoms with Gasteiger partial charge in [-0.3, -0.25) is 0 Å². The van der Waals surface area contributed by atoms with Crippen LogP contribution in [-0.4, -0.2) is 68.9 Å². The SMILES string of the molecule is C.O=[P+](O)O[P+](=O)O.[Na].[Na]. The first-order valence-corrected chi connectivity index (χ1v) is 3.39. The molecule has 10 heavy (non-hydrogen) atoms. The Balaban J connectivity index is -0.0000000600. The Labute approximate surface area is 105 Å². The fourth-order valence-corrected chi connectivity index (χ4v) is 0.538. The molecule has 2 unspecified atom stereocenters. The molecule has 0 aliphatic heterocycles. The Morgan fingerprint density at radius 1 is 1.00 bits per heavy atom. The number of hydrogen-bond donors (Lipinski definition) is 2. The van der Waals surface area contributed by atoms with Crippen LogP contribution < -0.4 is 0 Å². The van der Waals surface area contributed by atoms with Crippen LogP contribution in [-0.2, 0) is 13.4 Å². The summed E-state index contributed by atoms with van der Waals surface area (Å²) in [5.74, 6) is 0. The summed E-state index contributed by atoms with van der Waals surface area (Å²) in [6.07, 6.45) is 0. The van der Waals surface area contributed by atoms with Crippen molar-refractivity contribution in [3.8, 4) is 0 Å². The van der Waals surface area contributed by atoms with Crippen LogP contribution in [0.25, 0.3) is 0 Å². The maximum absolute atomic E-state index is 9.39. The predicted octanol–water partition coefficient (Wildman–Crippen LogP) is 0.177. The molecule has 0 saturated carbocycles. The van der Waals surface area contributed by atoms with Gasteiger partial charge in [0, 0.05) is 68.2 Å². The van der Waals surface area contributed by atoms with E-state index in [-0.39, 0.29) is 66.5 Å². The largest absolute Gasteiger partial charge is 0.745 e. The number of rotatable bonds is 2. The first-order chi connectivity index (χ1) is 3.13. The van der Waals surface area contributed by atoms with Gasteiger partial charge in [0.25, 0.3) is 0 Å². The van der Waals surface area contributed by atoms with Crippen molar-refractivity contribution in [2.24, 2.45) is 0 Å². The normalized spacial score (nSPS) is 9.40. The van der Waals surface area contributed by atoms with Crippen LogP contribution >= 0.6 is 16.5 Å². The van der Waals surface area contributed by atoms with Crippen LogP contribution in [0.3, 0.4) is 0 Å². The first kappa shape index (κ1) is 22.7. The summed E-state index contributed by atoms with van der Waals surface area (Å²) in [5, 5.41) is 0. The zero-order valence-electron chi connectivity index (χ0n) is 5.01.